The van der Waals surface area contributed by atoms with E-state index < -0.39 is 5.63 Å². The quantitative estimate of drug-likeness (QED) is 0.376. The molecule has 0 bridgehead atoms. The van der Waals surface area contributed by atoms with Crippen molar-refractivity contribution < 1.29 is 28.5 Å². The number of fused-ring (bicyclic) bond motifs is 2. The van der Waals surface area contributed by atoms with Gasteiger partial charge in [0.25, 0.3) is 0 Å². The monoisotopic (exact) mass is 391 g/mol. The molecule has 2 N–H and O–H groups in total. The molecule has 0 aliphatic heterocycles. The van der Waals surface area contributed by atoms with E-state index in [1.165, 1.54) is 13.2 Å². The first kappa shape index (κ1) is 20.3. The number of methoxy groups -OCH3 is 1. The summed E-state index contributed by atoms with van der Waals surface area (Å²) < 4.78 is 22.2. The van der Waals surface area contributed by atoms with Gasteiger partial charge in [-0.25, -0.2) is 4.79 Å². The van der Waals surface area contributed by atoms with Crippen molar-refractivity contribution in [3.63, 3.8) is 0 Å². The van der Waals surface area contributed by atoms with Gasteiger partial charge in [-0.15, -0.1) is 0 Å². The van der Waals surface area contributed by atoms with E-state index >= 15 is 0 Å². The predicted octanol–water partition coefficient (Wildman–Crippen LogP) is 1.74. The second-order valence-electron chi connectivity index (χ2n) is 6.37. The normalized spacial score (nSPS) is 11.7. The Bertz CT molecular complexity index is 956. The van der Waals surface area contributed by atoms with Gasteiger partial charge in [0.2, 0.25) is 5.75 Å². The molecule has 0 aliphatic rings. The van der Waals surface area contributed by atoms with E-state index in [9.17, 15) is 4.79 Å². The molecule has 2 aromatic heterocycles. The van der Waals surface area contributed by atoms with Crippen LogP contribution in [0.4, 0.5) is 0 Å². The molecule has 0 spiro atoms. The van der Waals surface area contributed by atoms with Crippen molar-refractivity contribution in [3.05, 3.63) is 40.4 Å². The highest BCUT2D eigenvalue weighted by Gasteiger charge is 2.19. The van der Waals surface area contributed by atoms with Crippen molar-refractivity contribution in [2.24, 2.45) is 0 Å². The maximum atomic E-state index is 11.7. The van der Waals surface area contributed by atoms with E-state index in [2.05, 4.69) is 0 Å². The molecule has 0 amide bonds. The summed E-state index contributed by atoms with van der Waals surface area (Å²) in [6.45, 7) is 2.73. The lowest BCUT2D eigenvalue weighted by Gasteiger charge is -2.19. The minimum Gasteiger partial charge on any atom is -0.490 e. The summed E-state index contributed by atoms with van der Waals surface area (Å²) >= 11 is 0. The van der Waals surface area contributed by atoms with Crippen LogP contribution in [0.3, 0.4) is 0 Å². The summed E-state index contributed by atoms with van der Waals surface area (Å²) in [7, 11) is 1.50. The van der Waals surface area contributed by atoms with Crippen LogP contribution in [-0.2, 0) is 11.3 Å². The first-order valence-electron chi connectivity index (χ1n) is 9.21. The SMILES string of the molecule is COc1c2occc2c(COCCCN(CCO)CCO)c2ccc(=O)oc12. The van der Waals surface area contributed by atoms with Crippen LogP contribution in [-0.4, -0.2) is 61.7 Å². The second kappa shape index (κ2) is 9.70. The van der Waals surface area contributed by atoms with Crippen molar-refractivity contribution in [1.82, 2.24) is 4.90 Å². The van der Waals surface area contributed by atoms with E-state index in [0.717, 1.165) is 29.3 Å². The number of aliphatic hydroxyl groups excluding tert-OH is 2. The molecule has 0 saturated carbocycles. The van der Waals surface area contributed by atoms with Gasteiger partial charge < -0.3 is 28.5 Å². The van der Waals surface area contributed by atoms with E-state index in [1.54, 1.807) is 12.3 Å². The molecule has 1 aromatic carbocycles. The van der Waals surface area contributed by atoms with Gasteiger partial charge in [0, 0.05) is 48.6 Å². The first-order chi connectivity index (χ1) is 13.7. The average Bonchev–Trinajstić information content (AvgIpc) is 3.16. The fourth-order valence-corrected chi connectivity index (χ4v) is 3.32. The van der Waals surface area contributed by atoms with E-state index in [4.69, 9.17) is 28.5 Å². The van der Waals surface area contributed by atoms with Crippen molar-refractivity contribution in [3.8, 4) is 5.75 Å². The molecule has 3 aromatic rings. The van der Waals surface area contributed by atoms with Gasteiger partial charge >= 0.3 is 5.63 Å². The Morgan fingerprint density at radius 1 is 1.04 bits per heavy atom. The number of hydrogen-bond acceptors (Lipinski definition) is 8. The molecule has 0 atom stereocenters. The molecule has 0 unspecified atom stereocenters. The Hall–Kier alpha value is -2.39. The summed E-state index contributed by atoms with van der Waals surface area (Å²) in [5, 5.41) is 19.7. The van der Waals surface area contributed by atoms with Crippen LogP contribution in [0.15, 0.2) is 38.1 Å². The number of aliphatic hydroxyl groups is 2. The van der Waals surface area contributed by atoms with Gasteiger partial charge in [-0.1, -0.05) is 0 Å². The van der Waals surface area contributed by atoms with Gasteiger partial charge in [0.05, 0.1) is 33.2 Å². The van der Waals surface area contributed by atoms with Crippen molar-refractivity contribution in [2.45, 2.75) is 13.0 Å². The van der Waals surface area contributed by atoms with Crippen LogP contribution in [0.25, 0.3) is 21.9 Å². The molecule has 0 radical (unpaired) electrons. The summed E-state index contributed by atoms with van der Waals surface area (Å²) in [5.74, 6) is 0.389. The zero-order valence-electron chi connectivity index (χ0n) is 15.8. The third-order valence-electron chi connectivity index (χ3n) is 4.61. The molecular formula is C20H25NO7. The van der Waals surface area contributed by atoms with Crippen molar-refractivity contribution in [2.75, 3.05) is 46.6 Å². The Balaban J connectivity index is 1.75. The van der Waals surface area contributed by atoms with Crippen LogP contribution in [0.5, 0.6) is 5.75 Å². The summed E-state index contributed by atoms with van der Waals surface area (Å²) in [6.07, 6.45) is 2.33. The van der Waals surface area contributed by atoms with Crippen LogP contribution < -0.4 is 10.4 Å². The minimum absolute atomic E-state index is 0.0579. The third kappa shape index (κ3) is 4.36. The number of furan rings is 1. The number of rotatable bonds is 11. The van der Waals surface area contributed by atoms with Crippen LogP contribution in [0.2, 0.25) is 0 Å². The molecule has 8 heteroatoms. The van der Waals surface area contributed by atoms with E-state index in [-0.39, 0.29) is 13.2 Å². The minimum atomic E-state index is -0.462. The smallest absolute Gasteiger partial charge is 0.336 e. The van der Waals surface area contributed by atoms with E-state index in [1.807, 2.05) is 11.0 Å². The molecule has 28 heavy (non-hydrogen) atoms. The number of ether oxygens (including phenoxy) is 2. The fourth-order valence-electron chi connectivity index (χ4n) is 3.32. The Morgan fingerprint density at radius 3 is 2.50 bits per heavy atom. The van der Waals surface area contributed by atoms with Gasteiger partial charge in [-0.2, -0.15) is 0 Å². The zero-order chi connectivity index (χ0) is 19.9. The maximum Gasteiger partial charge on any atom is 0.336 e. The van der Waals surface area contributed by atoms with Crippen LogP contribution in [0.1, 0.15) is 12.0 Å². The maximum absolute atomic E-state index is 11.7. The lowest BCUT2D eigenvalue weighted by atomic mass is 10.0. The number of hydrogen-bond donors (Lipinski definition) is 2. The predicted molar refractivity (Wildman–Crippen MR) is 104 cm³/mol. The molecule has 0 aliphatic carbocycles. The molecular weight excluding hydrogens is 366 g/mol. The lowest BCUT2D eigenvalue weighted by molar-refractivity contribution is 0.101. The van der Waals surface area contributed by atoms with Gasteiger partial charge in [-0.3, -0.25) is 4.90 Å². The van der Waals surface area contributed by atoms with Crippen LogP contribution in [0, 0.1) is 0 Å². The largest absolute Gasteiger partial charge is 0.490 e. The van der Waals surface area contributed by atoms with Gasteiger partial charge in [0.15, 0.2) is 11.2 Å². The highest BCUT2D eigenvalue weighted by Crippen LogP contribution is 2.38. The number of nitrogens with zero attached hydrogens (tertiary/aromatic N) is 1. The first-order valence-corrected chi connectivity index (χ1v) is 9.21. The van der Waals surface area contributed by atoms with Crippen molar-refractivity contribution in [1.29, 1.82) is 0 Å². The second-order valence-corrected chi connectivity index (χ2v) is 6.37. The van der Waals surface area contributed by atoms with E-state index in [0.29, 0.717) is 43.2 Å². The van der Waals surface area contributed by atoms with Crippen LogP contribution >= 0.6 is 0 Å². The topological polar surface area (TPSA) is 106 Å². The highest BCUT2D eigenvalue weighted by atomic mass is 16.5. The van der Waals surface area contributed by atoms with Gasteiger partial charge in [-0.05, 0) is 18.6 Å². The highest BCUT2D eigenvalue weighted by molar-refractivity contribution is 6.03. The molecule has 2 heterocycles. The fraction of sp³-hybridized carbons (Fsp3) is 0.450. The molecule has 3 rings (SSSR count). The summed E-state index contributed by atoms with van der Waals surface area (Å²) in [6, 6.07) is 4.92. The molecule has 152 valence electrons. The molecule has 8 nitrogen and oxygen atoms in total. The summed E-state index contributed by atoms with van der Waals surface area (Å²) in [5.41, 5.74) is 1.26. The van der Waals surface area contributed by atoms with Gasteiger partial charge in [0.1, 0.15) is 0 Å². The molecule has 0 saturated heterocycles. The standard InChI is InChI=1S/C20H25NO7/c1-25-20-18-15(5-12-27-18)16(14-3-4-17(24)28-19(14)20)13-26-11-2-6-21(7-9-22)8-10-23/h3-5,12,22-23H,2,6-11,13H2,1H3. The Labute approximate surface area is 161 Å². The Kier molecular flexibility index (Phi) is 7.05. The molecule has 0 fully saturated rings. The average molecular weight is 391 g/mol. The zero-order valence-corrected chi connectivity index (χ0v) is 15.8. The summed E-state index contributed by atoms with van der Waals surface area (Å²) in [4.78, 5) is 13.7. The number of benzene rings is 1. The van der Waals surface area contributed by atoms with Crippen molar-refractivity contribution >= 4 is 21.9 Å². The third-order valence-corrected chi connectivity index (χ3v) is 4.61. The Morgan fingerprint density at radius 2 is 1.79 bits per heavy atom. The lowest BCUT2D eigenvalue weighted by Crippen LogP contribution is -2.31.